The molecule has 36 heavy (non-hydrogen) atoms. The van der Waals surface area contributed by atoms with Crippen LogP contribution in [0.25, 0.3) is 11.2 Å². The summed E-state index contributed by atoms with van der Waals surface area (Å²) in [6.45, 7) is -0.0412. The molecule has 2 aromatic heterocycles. The van der Waals surface area contributed by atoms with Gasteiger partial charge in [-0.25, -0.2) is 18.6 Å². The van der Waals surface area contributed by atoms with Crippen molar-refractivity contribution in [3.8, 4) is 11.8 Å². The quantitative estimate of drug-likeness (QED) is 0.425. The van der Waals surface area contributed by atoms with Gasteiger partial charge in [-0.2, -0.15) is 4.98 Å². The average molecular weight is 526 g/mol. The molecule has 1 aromatic carbocycles. The fourth-order valence-corrected chi connectivity index (χ4v) is 4.44. The summed E-state index contributed by atoms with van der Waals surface area (Å²) in [5.41, 5.74) is 1.07. The van der Waals surface area contributed by atoms with E-state index in [2.05, 4.69) is 19.7 Å². The summed E-state index contributed by atoms with van der Waals surface area (Å²) < 4.78 is 55.5. The molecule has 0 bridgehead atoms. The third kappa shape index (κ3) is 4.94. The van der Waals surface area contributed by atoms with Crippen LogP contribution >= 0.6 is 11.6 Å². The van der Waals surface area contributed by atoms with Crippen molar-refractivity contribution in [2.75, 3.05) is 26.9 Å². The molecule has 2 fully saturated rings. The first kappa shape index (κ1) is 24.6. The zero-order valence-corrected chi connectivity index (χ0v) is 19.8. The largest absolute Gasteiger partial charge is 0.482 e. The predicted molar refractivity (Wildman–Crippen MR) is 120 cm³/mol. The highest BCUT2D eigenvalue weighted by Crippen LogP contribution is 2.30. The van der Waals surface area contributed by atoms with Crippen LogP contribution in [0.3, 0.4) is 0 Å². The number of nitrogens with zero attached hydrogens (tertiary/aromatic N) is 2. The lowest BCUT2D eigenvalue weighted by Crippen LogP contribution is -2.34. The van der Waals surface area contributed by atoms with Crippen LogP contribution in [-0.2, 0) is 31.8 Å². The van der Waals surface area contributed by atoms with Crippen molar-refractivity contribution in [1.29, 1.82) is 0 Å². The number of esters is 1. The van der Waals surface area contributed by atoms with Gasteiger partial charge in [-0.1, -0.05) is 11.6 Å². The lowest BCUT2D eigenvalue weighted by molar-refractivity contribution is -0.142. The van der Waals surface area contributed by atoms with Crippen LogP contribution in [0.2, 0.25) is 5.02 Å². The maximum atomic E-state index is 14.5. The number of pyridine rings is 1. The Kier molecular flexibility index (Phi) is 6.93. The molecular formula is C23H22ClF2N3O7. The highest BCUT2D eigenvalue weighted by Gasteiger charge is 2.48. The number of carbonyl (C=O) groups is 1. The number of aryl methyl sites for hydroxylation is 1. The number of H-pyrrole nitrogens is 1. The Morgan fingerprint density at radius 1 is 1.17 bits per heavy atom. The van der Waals surface area contributed by atoms with Gasteiger partial charge >= 0.3 is 5.97 Å². The van der Waals surface area contributed by atoms with Gasteiger partial charge in [0, 0.05) is 17.7 Å². The molecule has 0 unspecified atom stereocenters. The molecule has 4 atom stereocenters. The number of fused-ring (bicyclic) bond motifs is 2. The number of carbonyl (C=O) groups excluding carboxylic acids is 1. The molecule has 0 saturated carbocycles. The van der Waals surface area contributed by atoms with Gasteiger partial charge in [-0.05, 0) is 18.9 Å². The molecule has 2 aliphatic heterocycles. The van der Waals surface area contributed by atoms with Crippen LogP contribution in [-0.4, -0.2) is 77.4 Å². The molecule has 2 aliphatic rings. The topological polar surface area (TPSA) is 125 Å². The predicted octanol–water partition coefficient (Wildman–Crippen LogP) is 2.13. The van der Waals surface area contributed by atoms with E-state index in [1.807, 2.05) is 0 Å². The second kappa shape index (κ2) is 10.1. The highest BCUT2D eigenvalue weighted by atomic mass is 35.5. The van der Waals surface area contributed by atoms with E-state index in [9.17, 15) is 18.7 Å². The highest BCUT2D eigenvalue weighted by molar-refractivity contribution is 6.31. The lowest BCUT2D eigenvalue weighted by atomic mass is 10.1. The second-order valence-corrected chi connectivity index (χ2v) is 8.79. The summed E-state index contributed by atoms with van der Waals surface area (Å²) in [5.74, 6) is -2.44. The number of aliphatic hydroxyl groups is 1. The number of halogens is 3. The number of nitrogens with one attached hydrogen (secondary N) is 1. The third-order valence-electron chi connectivity index (χ3n) is 6.03. The summed E-state index contributed by atoms with van der Waals surface area (Å²) in [4.78, 5) is 22.9. The van der Waals surface area contributed by atoms with Crippen LogP contribution in [0.5, 0.6) is 11.8 Å². The number of hydrogen-bond donors (Lipinski definition) is 2. The van der Waals surface area contributed by atoms with Crippen molar-refractivity contribution in [3.05, 3.63) is 46.1 Å². The Morgan fingerprint density at radius 2 is 1.92 bits per heavy atom. The van der Waals surface area contributed by atoms with Gasteiger partial charge in [0.25, 0.3) is 6.01 Å². The SMILES string of the molecule is COC(=O)COc1cc(F)c(CCc2nc3nc(O[C@@H]4CO[C@H]5[C@@H]4OC[C@H]5O)[nH]c3cc2Cl)c(F)c1. The normalized spacial score (nSPS) is 23.1. The molecule has 3 aromatic rings. The van der Waals surface area contributed by atoms with Gasteiger partial charge in [0.05, 0.1) is 36.6 Å². The Labute approximate surface area is 208 Å². The Morgan fingerprint density at radius 3 is 2.67 bits per heavy atom. The molecule has 0 aliphatic carbocycles. The van der Waals surface area contributed by atoms with E-state index in [4.69, 9.17) is 30.5 Å². The van der Waals surface area contributed by atoms with Crippen LogP contribution < -0.4 is 9.47 Å². The number of methoxy groups -OCH3 is 1. The number of aliphatic hydroxyl groups excluding tert-OH is 1. The zero-order valence-electron chi connectivity index (χ0n) is 19.0. The van der Waals surface area contributed by atoms with Gasteiger partial charge in [0.1, 0.15) is 35.7 Å². The summed E-state index contributed by atoms with van der Waals surface area (Å²) in [6.07, 6.45) is -1.87. The molecule has 0 spiro atoms. The number of hydrogen-bond acceptors (Lipinski definition) is 9. The van der Waals surface area contributed by atoms with E-state index in [1.54, 1.807) is 6.07 Å². The average Bonchev–Trinajstić information content (AvgIpc) is 3.53. The molecule has 2 saturated heterocycles. The minimum absolute atomic E-state index is 0.0247. The first-order valence-electron chi connectivity index (χ1n) is 11.1. The number of aromatic nitrogens is 3. The second-order valence-electron chi connectivity index (χ2n) is 8.38. The van der Waals surface area contributed by atoms with Gasteiger partial charge in [-0.3, -0.25) is 0 Å². The number of aromatic amines is 1. The zero-order chi connectivity index (χ0) is 25.4. The van der Waals surface area contributed by atoms with E-state index in [0.717, 1.165) is 12.1 Å². The summed E-state index contributed by atoms with van der Waals surface area (Å²) in [7, 11) is 1.18. The van der Waals surface area contributed by atoms with Crippen molar-refractivity contribution in [2.24, 2.45) is 0 Å². The lowest BCUT2D eigenvalue weighted by Gasteiger charge is -2.15. The Hall–Kier alpha value is -3.06. The van der Waals surface area contributed by atoms with Crippen LogP contribution in [0, 0.1) is 11.6 Å². The van der Waals surface area contributed by atoms with Gasteiger partial charge in [-0.15, -0.1) is 0 Å². The molecule has 10 nitrogen and oxygen atoms in total. The van der Waals surface area contributed by atoms with Crippen molar-refractivity contribution in [1.82, 2.24) is 15.0 Å². The minimum Gasteiger partial charge on any atom is -0.482 e. The fourth-order valence-electron chi connectivity index (χ4n) is 4.20. The smallest absolute Gasteiger partial charge is 0.343 e. The van der Waals surface area contributed by atoms with E-state index in [-0.39, 0.29) is 43.4 Å². The monoisotopic (exact) mass is 525 g/mol. The number of imidazole rings is 1. The van der Waals surface area contributed by atoms with Gasteiger partial charge in [0.2, 0.25) is 0 Å². The molecule has 13 heteroatoms. The molecule has 0 amide bonds. The third-order valence-corrected chi connectivity index (χ3v) is 6.36. The number of benzene rings is 1. The summed E-state index contributed by atoms with van der Waals surface area (Å²) in [6, 6.07) is 3.80. The van der Waals surface area contributed by atoms with Crippen molar-refractivity contribution in [3.63, 3.8) is 0 Å². The standard InChI is InChI=1S/C23H22ClF2N3O7/c1-32-19(31)9-33-10-4-13(25)11(14(26)5-10)2-3-15-12(24)6-16-22(27-15)29-23(28-16)36-18-8-35-20-17(30)7-34-21(18)20/h4-6,17-18,20-21,30H,2-3,7-9H2,1H3,(H,27,28,29)/t17-,18-,20-,21-/m1/s1. The van der Waals surface area contributed by atoms with Crippen molar-refractivity contribution < 1.29 is 42.4 Å². The first-order chi connectivity index (χ1) is 17.3. The van der Waals surface area contributed by atoms with Crippen molar-refractivity contribution >= 4 is 28.7 Å². The minimum atomic E-state index is -0.821. The van der Waals surface area contributed by atoms with E-state index < -0.39 is 48.6 Å². The van der Waals surface area contributed by atoms with E-state index >= 15 is 0 Å². The number of ether oxygens (including phenoxy) is 5. The Bertz CT molecular complexity index is 1270. The molecular weight excluding hydrogens is 504 g/mol. The molecule has 192 valence electrons. The summed E-state index contributed by atoms with van der Waals surface area (Å²) >= 11 is 6.36. The maximum Gasteiger partial charge on any atom is 0.343 e. The molecule has 4 heterocycles. The van der Waals surface area contributed by atoms with Crippen molar-refractivity contribution in [2.45, 2.75) is 37.3 Å². The van der Waals surface area contributed by atoms with E-state index in [0.29, 0.717) is 21.9 Å². The molecule has 0 radical (unpaired) electrons. The van der Waals surface area contributed by atoms with Crippen LogP contribution in [0.1, 0.15) is 11.3 Å². The number of rotatable bonds is 8. The van der Waals surface area contributed by atoms with E-state index in [1.165, 1.54) is 7.11 Å². The van der Waals surface area contributed by atoms with Gasteiger partial charge < -0.3 is 33.8 Å². The maximum absolute atomic E-state index is 14.5. The molecule has 2 N–H and O–H groups in total. The Balaban J connectivity index is 1.27. The first-order valence-corrected chi connectivity index (χ1v) is 11.5. The fraction of sp³-hybridized carbons (Fsp3) is 0.435. The molecule has 5 rings (SSSR count). The van der Waals surface area contributed by atoms with Crippen LogP contribution in [0.15, 0.2) is 18.2 Å². The van der Waals surface area contributed by atoms with Gasteiger partial charge in [0.15, 0.2) is 18.4 Å². The van der Waals surface area contributed by atoms with Crippen LogP contribution in [0.4, 0.5) is 8.78 Å². The summed E-state index contributed by atoms with van der Waals surface area (Å²) in [5, 5.41) is 10.2.